The van der Waals surface area contributed by atoms with Gasteiger partial charge in [-0.05, 0) is 38.0 Å². The molecule has 3 aliphatic rings. The minimum absolute atomic E-state index is 0.00715. The van der Waals surface area contributed by atoms with Crippen LogP contribution in [0.3, 0.4) is 0 Å². The molecule has 5 atom stereocenters. The number of oxime groups is 1. The molecule has 5 rings (SSSR count). The van der Waals surface area contributed by atoms with Crippen molar-refractivity contribution in [3.63, 3.8) is 0 Å². The van der Waals surface area contributed by atoms with Crippen LogP contribution in [0, 0.1) is 0 Å². The van der Waals surface area contributed by atoms with E-state index in [-0.39, 0.29) is 33.6 Å². The van der Waals surface area contributed by atoms with E-state index in [9.17, 15) is 19.2 Å². The number of benzene rings is 1. The predicted molar refractivity (Wildman–Crippen MR) is 149 cm³/mol. The standard InChI is InChI=1S/C26H26N6O7S2/c1-13-17(25(36)38-14(2)37-24(35)15-8-4-3-5-9-15)12-32-22(34)19(23(32)40-13)28-21(33)18(20-29-26(27)41-31-20)30-39-16-10-6-7-11-16/h3-6,8-10,12-14,16,19,23H,7,11H2,1-2H3,(H,28,33)(H2,27,29,31)/t13?,14?,16?,19?,23-/m1/s1. The third-order valence-electron chi connectivity index (χ3n) is 6.33. The van der Waals surface area contributed by atoms with E-state index in [2.05, 4.69) is 19.8 Å². The van der Waals surface area contributed by atoms with Gasteiger partial charge in [-0.2, -0.15) is 9.36 Å². The molecule has 15 heteroatoms. The van der Waals surface area contributed by atoms with Crippen LogP contribution in [0.15, 0.2) is 59.4 Å². The van der Waals surface area contributed by atoms with Crippen LogP contribution in [0.25, 0.3) is 0 Å². The van der Waals surface area contributed by atoms with Crippen molar-refractivity contribution >= 4 is 57.9 Å². The molecule has 1 aromatic carbocycles. The lowest BCUT2D eigenvalue weighted by Gasteiger charge is -2.48. The quantitative estimate of drug-likeness (QED) is 0.108. The van der Waals surface area contributed by atoms with Gasteiger partial charge in [-0.15, -0.1) is 11.8 Å². The lowest BCUT2D eigenvalue weighted by molar-refractivity contribution is -0.161. The first-order valence-corrected chi connectivity index (χ1v) is 14.4. The molecule has 1 fully saturated rings. The Morgan fingerprint density at radius 3 is 2.63 bits per heavy atom. The lowest BCUT2D eigenvalue weighted by Crippen LogP contribution is -2.69. The van der Waals surface area contributed by atoms with Crippen molar-refractivity contribution in [2.75, 3.05) is 5.73 Å². The molecule has 3 N–H and O–H groups in total. The lowest BCUT2D eigenvalue weighted by atomic mass is 10.1. The SMILES string of the molecule is CC(OC(=O)C1=CN2C(=O)C(NC(=O)C(=NOC3C=CCC3)c3nsc(N)n3)[C@H]2SC1C)OC(=O)c1ccccc1. The van der Waals surface area contributed by atoms with Crippen LogP contribution >= 0.6 is 23.3 Å². The molecule has 1 aromatic heterocycles. The van der Waals surface area contributed by atoms with Gasteiger partial charge in [0.15, 0.2) is 5.13 Å². The van der Waals surface area contributed by atoms with Gasteiger partial charge in [0, 0.05) is 29.9 Å². The summed E-state index contributed by atoms with van der Waals surface area (Å²) in [5, 5.41) is 5.96. The first-order chi connectivity index (χ1) is 19.7. The zero-order valence-electron chi connectivity index (χ0n) is 22.0. The Morgan fingerprint density at radius 2 is 1.95 bits per heavy atom. The first-order valence-electron chi connectivity index (χ1n) is 12.7. The summed E-state index contributed by atoms with van der Waals surface area (Å²) in [6.07, 6.45) is 5.33. The van der Waals surface area contributed by atoms with E-state index in [4.69, 9.17) is 20.0 Å². The molecule has 1 saturated heterocycles. The maximum atomic E-state index is 13.2. The van der Waals surface area contributed by atoms with Crippen molar-refractivity contribution in [2.24, 2.45) is 5.16 Å². The van der Waals surface area contributed by atoms with Crippen LogP contribution in [-0.2, 0) is 28.7 Å². The number of hydrogen-bond acceptors (Lipinski definition) is 13. The fourth-order valence-electron chi connectivity index (χ4n) is 4.23. The molecule has 41 heavy (non-hydrogen) atoms. The van der Waals surface area contributed by atoms with E-state index in [0.29, 0.717) is 5.56 Å². The van der Waals surface area contributed by atoms with Crippen LogP contribution in [0.4, 0.5) is 5.13 Å². The van der Waals surface area contributed by atoms with E-state index >= 15 is 0 Å². The summed E-state index contributed by atoms with van der Waals surface area (Å²) >= 11 is 2.20. The van der Waals surface area contributed by atoms with E-state index < -0.39 is 41.5 Å². The van der Waals surface area contributed by atoms with Crippen molar-refractivity contribution in [2.45, 2.75) is 55.7 Å². The van der Waals surface area contributed by atoms with Gasteiger partial charge >= 0.3 is 11.9 Å². The number of esters is 2. The van der Waals surface area contributed by atoms with Gasteiger partial charge in [0.1, 0.15) is 17.5 Å². The first kappa shape index (κ1) is 28.3. The van der Waals surface area contributed by atoms with Gasteiger partial charge in [0.2, 0.25) is 17.8 Å². The molecule has 2 aliphatic heterocycles. The molecule has 0 saturated carbocycles. The number of anilines is 1. The van der Waals surface area contributed by atoms with Crippen LogP contribution in [0.5, 0.6) is 0 Å². The summed E-state index contributed by atoms with van der Waals surface area (Å²) < 4.78 is 14.6. The maximum absolute atomic E-state index is 13.2. The van der Waals surface area contributed by atoms with Crippen LogP contribution in [0.1, 0.15) is 42.9 Å². The van der Waals surface area contributed by atoms with E-state index in [1.807, 2.05) is 12.2 Å². The number of nitrogens with zero attached hydrogens (tertiary/aromatic N) is 4. The molecule has 4 unspecified atom stereocenters. The monoisotopic (exact) mass is 598 g/mol. The molecular weight excluding hydrogens is 572 g/mol. The van der Waals surface area contributed by atoms with Gasteiger partial charge < -0.3 is 30.3 Å². The normalized spacial score (nSPS) is 24.0. The van der Waals surface area contributed by atoms with E-state index in [0.717, 1.165) is 24.4 Å². The summed E-state index contributed by atoms with van der Waals surface area (Å²) in [6, 6.07) is 7.43. The number of amides is 2. The zero-order valence-corrected chi connectivity index (χ0v) is 23.6. The summed E-state index contributed by atoms with van der Waals surface area (Å²) in [5.41, 5.74) is 6.03. The van der Waals surface area contributed by atoms with Gasteiger partial charge in [-0.1, -0.05) is 29.4 Å². The molecule has 3 heterocycles. The Morgan fingerprint density at radius 1 is 1.20 bits per heavy atom. The second-order valence-electron chi connectivity index (χ2n) is 9.24. The molecular formula is C26H26N6O7S2. The van der Waals surface area contributed by atoms with E-state index in [1.165, 1.54) is 29.8 Å². The zero-order chi connectivity index (χ0) is 29.1. The fourth-order valence-corrected chi connectivity index (χ4v) is 6.02. The highest BCUT2D eigenvalue weighted by Crippen LogP contribution is 2.40. The highest BCUT2D eigenvalue weighted by Gasteiger charge is 2.52. The van der Waals surface area contributed by atoms with Crippen molar-refractivity contribution in [1.29, 1.82) is 0 Å². The van der Waals surface area contributed by atoms with Crippen molar-refractivity contribution in [3.8, 4) is 0 Å². The summed E-state index contributed by atoms with van der Waals surface area (Å²) in [7, 11) is 0. The summed E-state index contributed by atoms with van der Waals surface area (Å²) in [6.45, 7) is 3.20. The number of nitrogen functional groups attached to an aromatic ring is 1. The van der Waals surface area contributed by atoms with Crippen molar-refractivity contribution in [3.05, 3.63) is 65.6 Å². The number of aromatic nitrogens is 2. The minimum Gasteiger partial charge on any atom is -0.422 e. The number of nitrogens with two attached hydrogens (primary N) is 1. The number of nitrogens with one attached hydrogen (secondary N) is 1. The number of carbonyl (C=O) groups is 4. The number of fused-ring (bicyclic) bond motifs is 1. The number of β-lactam (4-membered cyclic amide) rings is 1. The van der Waals surface area contributed by atoms with Gasteiger partial charge in [-0.25, -0.2) is 9.59 Å². The van der Waals surface area contributed by atoms with Crippen molar-refractivity contribution < 1.29 is 33.5 Å². The molecule has 2 amide bonds. The van der Waals surface area contributed by atoms with Crippen LogP contribution in [-0.4, -0.2) is 72.8 Å². The largest absolute Gasteiger partial charge is 0.422 e. The third-order valence-corrected chi connectivity index (χ3v) is 8.32. The Kier molecular flexibility index (Phi) is 8.35. The Labute approximate surface area is 242 Å². The van der Waals surface area contributed by atoms with Crippen LogP contribution in [0.2, 0.25) is 0 Å². The molecule has 0 spiro atoms. The van der Waals surface area contributed by atoms with Gasteiger partial charge in [-0.3, -0.25) is 9.59 Å². The second-order valence-corrected chi connectivity index (χ2v) is 11.5. The molecule has 13 nitrogen and oxygen atoms in total. The minimum atomic E-state index is -1.15. The Balaban J connectivity index is 1.21. The van der Waals surface area contributed by atoms with E-state index in [1.54, 1.807) is 37.3 Å². The Bertz CT molecular complexity index is 1440. The molecule has 2 aromatic rings. The highest BCUT2D eigenvalue weighted by molar-refractivity contribution is 8.00. The number of rotatable bonds is 9. The summed E-state index contributed by atoms with van der Waals surface area (Å²) in [5.74, 6) is -2.49. The average molecular weight is 599 g/mol. The highest BCUT2D eigenvalue weighted by atomic mass is 32.2. The Hall–Kier alpha value is -4.24. The molecule has 0 radical (unpaired) electrons. The van der Waals surface area contributed by atoms with Gasteiger partial charge in [0.05, 0.1) is 11.1 Å². The molecule has 214 valence electrons. The number of carbonyl (C=O) groups excluding carboxylic acids is 4. The number of thioether (sulfide) groups is 1. The topological polar surface area (TPSA) is 175 Å². The molecule has 1 aliphatic carbocycles. The number of ether oxygens (including phenoxy) is 2. The molecule has 0 bridgehead atoms. The van der Waals surface area contributed by atoms with Crippen LogP contribution < -0.4 is 11.1 Å². The summed E-state index contributed by atoms with van der Waals surface area (Å²) in [4.78, 5) is 62.1. The second kappa shape index (κ2) is 12.1. The number of hydrogen-bond donors (Lipinski definition) is 2. The number of allylic oxidation sites excluding steroid dienone is 1. The average Bonchev–Trinajstić information content (AvgIpc) is 3.64. The van der Waals surface area contributed by atoms with Crippen molar-refractivity contribution in [1.82, 2.24) is 19.6 Å². The maximum Gasteiger partial charge on any atom is 0.341 e. The third kappa shape index (κ3) is 6.25. The predicted octanol–water partition coefficient (Wildman–Crippen LogP) is 1.98. The van der Waals surface area contributed by atoms with Gasteiger partial charge in [0.25, 0.3) is 11.8 Å². The smallest absolute Gasteiger partial charge is 0.341 e. The fraction of sp³-hybridized carbons (Fsp3) is 0.346.